The summed E-state index contributed by atoms with van der Waals surface area (Å²) in [6.45, 7) is 3.70. The van der Waals surface area contributed by atoms with Crippen LogP contribution in [0.15, 0.2) is 39.6 Å². The summed E-state index contributed by atoms with van der Waals surface area (Å²) in [7, 11) is 0. The SMILES string of the molecule is Cc1noc(C(NCc2cc3ccccc3[nH]c2=O)C2CCOCC2)n1. The Labute approximate surface area is 150 Å². The molecule has 0 saturated carbocycles. The summed E-state index contributed by atoms with van der Waals surface area (Å²) in [6.07, 6.45) is 1.85. The minimum absolute atomic E-state index is 0.0800. The summed E-state index contributed by atoms with van der Waals surface area (Å²) in [4.78, 5) is 19.7. The highest BCUT2D eigenvalue weighted by atomic mass is 16.5. The summed E-state index contributed by atoms with van der Waals surface area (Å²) >= 11 is 0. The zero-order chi connectivity index (χ0) is 17.9. The van der Waals surface area contributed by atoms with Crippen LogP contribution in [0.5, 0.6) is 0 Å². The minimum Gasteiger partial charge on any atom is -0.381 e. The van der Waals surface area contributed by atoms with Crippen LogP contribution in [0.2, 0.25) is 0 Å². The first kappa shape index (κ1) is 16.9. The number of nitrogens with one attached hydrogen (secondary N) is 2. The van der Waals surface area contributed by atoms with Crippen molar-refractivity contribution in [3.63, 3.8) is 0 Å². The Morgan fingerprint density at radius 3 is 2.88 bits per heavy atom. The lowest BCUT2D eigenvalue weighted by Gasteiger charge is -2.28. The number of pyridine rings is 1. The standard InChI is InChI=1S/C19H22N4O3/c1-12-21-19(26-23-12)17(13-6-8-25-9-7-13)20-11-15-10-14-4-2-3-5-16(14)22-18(15)24/h2-5,10,13,17,20H,6-9,11H2,1H3,(H,22,24). The van der Waals surface area contributed by atoms with Gasteiger partial charge in [0, 0.05) is 30.8 Å². The summed E-state index contributed by atoms with van der Waals surface area (Å²) in [5.41, 5.74) is 1.45. The molecule has 136 valence electrons. The molecule has 2 N–H and O–H groups in total. The molecule has 1 unspecified atom stereocenters. The molecule has 0 aliphatic carbocycles. The molecule has 1 aromatic carbocycles. The number of hydrogen-bond acceptors (Lipinski definition) is 6. The van der Waals surface area contributed by atoms with Crippen LogP contribution < -0.4 is 10.9 Å². The molecule has 1 atom stereocenters. The summed E-state index contributed by atoms with van der Waals surface area (Å²) in [5, 5.41) is 8.40. The maximum atomic E-state index is 12.4. The summed E-state index contributed by atoms with van der Waals surface area (Å²) in [5.74, 6) is 1.53. The molecule has 3 aromatic rings. The topological polar surface area (TPSA) is 93.0 Å². The predicted octanol–water partition coefficient (Wildman–Crippen LogP) is 2.48. The number of aryl methyl sites for hydroxylation is 1. The van der Waals surface area contributed by atoms with Crippen LogP contribution in [-0.4, -0.2) is 28.3 Å². The highest BCUT2D eigenvalue weighted by molar-refractivity contribution is 5.78. The van der Waals surface area contributed by atoms with Gasteiger partial charge in [-0.1, -0.05) is 23.4 Å². The number of H-pyrrole nitrogens is 1. The largest absolute Gasteiger partial charge is 0.381 e. The van der Waals surface area contributed by atoms with E-state index in [1.165, 1.54) is 0 Å². The molecule has 0 radical (unpaired) electrons. The van der Waals surface area contributed by atoms with Crippen molar-refractivity contribution in [3.05, 3.63) is 58.0 Å². The van der Waals surface area contributed by atoms with E-state index < -0.39 is 0 Å². The van der Waals surface area contributed by atoms with Crippen molar-refractivity contribution in [1.29, 1.82) is 0 Å². The Morgan fingerprint density at radius 2 is 2.12 bits per heavy atom. The molecular formula is C19H22N4O3. The molecule has 26 heavy (non-hydrogen) atoms. The molecule has 1 saturated heterocycles. The Bertz CT molecular complexity index is 943. The average Bonchev–Trinajstić information content (AvgIpc) is 3.09. The second-order valence-electron chi connectivity index (χ2n) is 6.70. The van der Waals surface area contributed by atoms with Crippen molar-refractivity contribution < 1.29 is 9.26 Å². The molecule has 1 fully saturated rings. The Morgan fingerprint density at radius 1 is 1.31 bits per heavy atom. The Kier molecular flexibility index (Phi) is 4.81. The predicted molar refractivity (Wildman–Crippen MR) is 96.7 cm³/mol. The first-order valence-corrected chi connectivity index (χ1v) is 8.93. The van der Waals surface area contributed by atoms with Crippen LogP contribution >= 0.6 is 0 Å². The molecule has 3 heterocycles. The molecule has 7 heteroatoms. The van der Waals surface area contributed by atoms with E-state index in [1.807, 2.05) is 37.3 Å². The third-order valence-corrected chi connectivity index (χ3v) is 4.89. The molecule has 4 rings (SSSR count). The average molecular weight is 354 g/mol. The molecule has 1 aliphatic rings. The molecule has 1 aliphatic heterocycles. The van der Waals surface area contributed by atoms with Crippen molar-refractivity contribution in [2.24, 2.45) is 5.92 Å². The van der Waals surface area contributed by atoms with Gasteiger partial charge in [-0.3, -0.25) is 4.79 Å². The van der Waals surface area contributed by atoms with Crippen LogP contribution in [-0.2, 0) is 11.3 Å². The number of para-hydroxylation sites is 1. The van der Waals surface area contributed by atoms with E-state index in [9.17, 15) is 4.79 Å². The molecule has 0 spiro atoms. The monoisotopic (exact) mass is 354 g/mol. The molecule has 0 amide bonds. The third kappa shape index (κ3) is 3.54. The van der Waals surface area contributed by atoms with Crippen LogP contribution in [0.3, 0.4) is 0 Å². The second-order valence-corrected chi connectivity index (χ2v) is 6.70. The van der Waals surface area contributed by atoms with Gasteiger partial charge in [-0.25, -0.2) is 0 Å². The number of nitrogens with zero attached hydrogens (tertiary/aromatic N) is 2. The van der Waals surface area contributed by atoms with Gasteiger partial charge in [-0.2, -0.15) is 4.98 Å². The van der Waals surface area contributed by atoms with Gasteiger partial charge in [0.2, 0.25) is 5.89 Å². The third-order valence-electron chi connectivity index (χ3n) is 4.89. The zero-order valence-electron chi connectivity index (χ0n) is 14.7. The normalized spacial score (nSPS) is 16.8. The number of benzene rings is 1. The fourth-order valence-electron chi connectivity index (χ4n) is 3.49. The van der Waals surface area contributed by atoms with Gasteiger partial charge in [-0.15, -0.1) is 0 Å². The van der Waals surface area contributed by atoms with Gasteiger partial charge in [0.25, 0.3) is 5.56 Å². The van der Waals surface area contributed by atoms with Gasteiger partial charge < -0.3 is 19.6 Å². The number of aromatic amines is 1. The lowest BCUT2D eigenvalue weighted by molar-refractivity contribution is 0.0485. The van der Waals surface area contributed by atoms with E-state index in [1.54, 1.807) is 0 Å². The fraction of sp³-hybridized carbons (Fsp3) is 0.421. The van der Waals surface area contributed by atoms with Crippen LogP contribution in [0.4, 0.5) is 0 Å². The van der Waals surface area contributed by atoms with E-state index in [0.29, 0.717) is 29.7 Å². The smallest absolute Gasteiger partial charge is 0.252 e. The fourth-order valence-corrected chi connectivity index (χ4v) is 3.49. The van der Waals surface area contributed by atoms with E-state index in [2.05, 4.69) is 20.4 Å². The maximum Gasteiger partial charge on any atom is 0.252 e. The number of hydrogen-bond donors (Lipinski definition) is 2. The number of ether oxygens (including phenoxy) is 1. The number of fused-ring (bicyclic) bond motifs is 1. The lowest BCUT2D eigenvalue weighted by atomic mass is 9.91. The van der Waals surface area contributed by atoms with E-state index in [0.717, 1.165) is 37.0 Å². The zero-order valence-corrected chi connectivity index (χ0v) is 14.7. The van der Waals surface area contributed by atoms with Gasteiger partial charge in [0.15, 0.2) is 5.82 Å². The summed E-state index contributed by atoms with van der Waals surface area (Å²) < 4.78 is 10.9. The maximum absolute atomic E-state index is 12.4. The number of aromatic nitrogens is 3. The van der Waals surface area contributed by atoms with Crippen molar-refractivity contribution in [2.75, 3.05) is 13.2 Å². The molecule has 2 aromatic heterocycles. The van der Waals surface area contributed by atoms with Crippen molar-refractivity contribution in [1.82, 2.24) is 20.4 Å². The van der Waals surface area contributed by atoms with E-state index in [-0.39, 0.29) is 11.6 Å². The lowest BCUT2D eigenvalue weighted by Crippen LogP contribution is -2.33. The van der Waals surface area contributed by atoms with Gasteiger partial charge >= 0.3 is 0 Å². The first-order chi connectivity index (χ1) is 12.7. The van der Waals surface area contributed by atoms with Crippen LogP contribution in [0.1, 0.15) is 36.2 Å². The van der Waals surface area contributed by atoms with Gasteiger partial charge in [0.05, 0.1) is 6.04 Å². The highest BCUT2D eigenvalue weighted by Gasteiger charge is 2.29. The quantitative estimate of drug-likeness (QED) is 0.731. The molecular weight excluding hydrogens is 332 g/mol. The highest BCUT2D eigenvalue weighted by Crippen LogP contribution is 2.29. The van der Waals surface area contributed by atoms with Gasteiger partial charge in [0.1, 0.15) is 0 Å². The van der Waals surface area contributed by atoms with E-state index >= 15 is 0 Å². The van der Waals surface area contributed by atoms with Gasteiger partial charge in [-0.05, 0) is 43.2 Å². The second kappa shape index (κ2) is 7.39. The van der Waals surface area contributed by atoms with Crippen molar-refractivity contribution in [2.45, 2.75) is 32.4 Å². The number of rotatable bonds is 5. The van der Waals surface area contributed by atoms with E-state index in [4.69, 9.17) is 9.26 Å². The Balaban J connectivity index is 1.58. The van der Waals surface area contributed by atoms with Crippen LogP contribution in [0.25, 0.3) is 10.9 Å². The molecule has 7 nitrogen and oxygen atoms in total. The summed E-state index contributed by atoms with van der Waals surface area (Å²) in [6, 6.07) is 9.61. The van der Waals surface area contributed by atoms with Crippen LogP contribution in [0, 0.1) is 12.8 Å². The molecule has 0 bridgehead atoms. The first-order valence-electron chi connectivity index (χ1n) is 8.93. The van der Waals surface area contributed by atoms with Crippen molar-refractivity contribution in [3.8, 4) is 0 Å². The van der Waals surface area contributed by atoms with Crippen molar-refractivity contribution >= 4 is 10.9 Å². The Hall–Kier alpha value is -2.51. The minimum atomic E-state index is -0.0917.